The molecule has 0 amide bonds. The van der Waals surface area contributed by atoms with Gasteiger partial charge in [0.25, 0.3) is 0 Å². The van der Waals surface area contributed by atoms with Gasteiger partial charge in [0, 0.05) is 12.6 Å². The van der Waals surface area contributed by atoms with Crippen molar-refractivity contribution in [3.05, 3.63) is 11.9 Å². The molecule has 5 nitrogen and oxygen atoms in total. The van der Waals surface area contributed by atoms with Crippen molar-refractivity contribution < 1.29 is 4.74 Å². The van der Waals surface area contributed by atoms with Gasteiger partial charge in [-0.2, -0.15) is 5.10 Å². The average molecular weight is 268 g/mol. The maximum Gasteiger partial charge on any atom is 0.159 e. The highest BCUT2D eigenvalue weighted by Crippen LogP contribution is 2.20. The van der Waals surface area contributed by atoms with Gasteiger partial charge in [0.05, 0.1) is 25.5 Å². The first-order chi connectivity index (χ1) is 9.08. The lowest BCUT2D eigenvalue weighted by molar-refractivity contribution is 0.364. The van der Waals surface area contributed by atoms with Crippen LogP contribution in [0.3, 0.4) is 0 Å². The molecule has 0 aromatic carbocycles. The molecule has 0 spiro atoms. The lowest BCUT2D eigenvalue weighted by Crippen LogP contribution is -2.23. The predicted octanol–water partition coefficient (Wildman–Crippen LogP) is 1.51. The Morgan fingerprint density at radius 3 is 2.74 bits per heavy atom. The summed E-state index contributed by atoms with van der Waals surface area (Å²) >= 11 is 0. The fourth-order valence-electron chi connectivity index (χ4n) is 2.14. The molecule has 1 aromatic heterocycles. The van der Waals surface area contributed by atoms with Gasteiger partial charge in [-0.15, -0.1) is 0 Å². The molecule has 0 saturated heterocycles. The molecule has 1 atom stereocenters. The third-order valence-corrected chi connectivity index (χ3v) is 3.30. The molecule has 2 N–H and O–H groups in total. The standard InChI is InChI=1S/C14H28N4O/c1-5-6-12(15)7-8-13-14(19-4)11-16-18(13)10-9-17(2)3/h11-12H,5-10,15H2,1-4H3. The summed E-state index contributed by atoms with van der Waals surface area (Å²) in [5, 5.41) is 4.41. The van der Waals surface area contributed by atoms with Crippen LogP contribution in [0.5, 0.6) is 5.75 Å². The highest BCUT2D eigenvalue weighted by molar-refractivity contribution is 5.25. The number of methoxy groups -OCH3 is 1. The molecule has 0 aliphatic heterocycles. The lowest BCUT2D eigenvalue weighted by atomic mass is 10.1. The summed E-state index contributed by atoms with van der Waals surface area (Å²) in [4.78, 5) is 2.15. The second-order valence-corrected chi connectivity index (χ2v) is 5.27. The fourth-order valence-corrected chi connectivity index (χ4v) is 2.14. The molecule has 0 aliphatic rings. The summed E-state index contributed by atoms with van der Waals surface area (Å²) < 4.78 is 7.43. The van der Waals surface area contributed by atoms with E-state index in [0.29, 0.717) is 0 Å². The molecule has 0 fully saturated rings. The van der Waals surface area contributed by atoms with E-state index in [1.54, 1.807) is 13.3 Å². The highest BCUT2D eigenvalue weighted by atomic mass is 16.5. The third kappa shape index (κ3) is 5.20. The van der Waals surface area contributed by atoms with E-state index >= 15 is 0 Å². The number of aromatic nitrogens is 2. The fraction of sp³-hybridized carbons (Fsp3) is 0.786. The maximum absolute atomic E-state index is 6.09. The molecular weight excluding hydrogens is 240 g/mol. The smallest absolute Gasteiger partial charge is 0.159 e. The summed E-state index contributed by atoms with van der Waals surface area (Å²) in [6.45, 7) is 4.02. The summed E-state index contributed by atoms with van der Waals surface area (Å²) in [6, 6.07) is 0.270. The SMILES string of the molecule is CCCC(N)CCc1c(OC)cnn1CCN(C)C. The number of likely N-dealkylation sites (N-methyl/N-ethyl adjacent to an activating group) is 1. The van der Waals surface area contributed by atoms with E-state index in [1.807, 2.05) is 4.68 Å². The van der Waals surface area contributed by atoms with Gasteiger partial charge in [-0.3, -0.25) is 4.68 Å². The van der Waals surface area contributed by atoms with Crippen molar-refractivity contribution in [2.75, 3.05) is 27.7 Å². The second-order valence-electron chi connectivity index (χ2n) is 5.27. The zero-order valence-corrected chi connectivity index (χ0v) is 12.7. The first kappa shape index (κ1) is 16.0. The number of nitrogens with zero attached hydrogens (tertiary/aromatic N) is 3. The summed E-state index contributed by atoms with van der Waals surface area (Å²) in [5.74, 6) is 0.877. The molecule has 0 saturated carbocycles. The van der Waals surface area contributed by atoms with Gasteiger partial charge in [0.2, 0.25) is 0 Å². The second kappa shape index (κ2) is 8.17. The van der Waals surface area contributed by atoms with Gasteiger partial charge < -0.3 is 15.4 Å². The summed E-state index contributed by atoms with van der Waals surface area (Å²) in [5.41, 5.74) is 7.25. The van der Waals surface area contributed by atoms with E-state index in [0.717, 1.165) is 50.2 Å². The molecule has 1 heterocycles. The van der Waals surface area contributed by atoms with Crippen LogP contribution in [0.1, 0.15) is 31.9 Å². The molecule has 5 heteroatoms. The van der Waals surface area contributed by atoms with Crippen LogP contribution in [0.25, 0.3) is 0 Å². The first-order valence-corrected chi connectivity index (χ1v) is 7.07. The largest absolute Gasteiger partial charge is 0.493 e. The third-order valence-electron chi connectivity index (χ3n) is 3.30. The predicted molar refractivity (Wildman–Crippen MR) is 78.5 cm³/mol. The van der Waals surface area contributed by atoms with Crippen molar-refractivity contribution in [3.63, 3.8) is 0 Å². The number of nitrogens with two attached hydrogens (primary N) is 1. The Hall–Kier alpha value is -1.07. The van der Waals surface area contributed by atoms with E-state index in [1.165, 1.54) is 0 Å². The van der Waals surface area contributed by atoms with E-state index in [2.05, 4.69) is 31.0 Å². The summed E-state index contributed by atoms with van der Waals surface area (Å²) in [6.07, 6.45) is 5.93. The number of ether oxygens (including phenoxy) is 1. The van der Waals surface area contributed by atoms with Crippen LogP contribution in [0.15, 0.2) is 6.20 Å². The Morgan fingerprint density at radius 1 is 1.42 bits per heavy atom. The van der Waals surface area contributed by atoms with Crippen LogP contribution < -0.4 is 10.5 Å². The molecule has 0 aliphatic carbocycles. The van der Waals surface area contributed by atoms with Gasteiger partial charge in [-0.1, -0.05) is 13.3 Å². The Morgan fingerprint density at radius 2 is 2.16 bits per heavy atom. The van der Waals surface area contributed by atoms with Gasteiger partial charge >= 0.3 is 0 Å². The van der Waals surface area contributed by atoms with E-state index < -0.39 is 0 Å². The quantitative estimate of drug-likeness (QED) is 0.737. The van der Waals surface area contributed by atoms with Crippen LogP contribution in [0, 0.1) is 0 Å². The van der Waals surface area contributed by atoms with Crippen LogP contribution in [-0.2, 0) is 13.0 Å². The van der Waals surface area contributed by atoms with Crippen LogP contribution in [0.4, 0.5) is 0 Å². The highest BCUT2D eigenvalue weighted by Gasteiger charge is 2.13. The topological polar surface area (TPSA) is 56.3 Å². The number of hydrogen-bond acceptors (Lipinski definition) is 4. The van der Waals surface area contributed by atoms with E-state index in [9.17, 15) is 0 Å². The molecule has 1 aromatic rings. The minimum Gasteiger partial charge on any atom is -0.493 e. The normalized spacial score (nSPS) is 12.9. The molecule has 1 unspecified atom stereocenters. The molecular formula is C14H28N4O. The van der Waals surface area contributed by atoms with Crippen LogP contribution >= 0.6 is 0 Å². The van der Waals surface area contributed by atoms with Crippen LogP contribution in [-0.4, -0.2) is 48.5 Å². The van der Waals surface area contributed by atoms with Crippen molar-refractivity contribution in [1.29, 1.82) is 0 Å². The first-order valence-electron chi connectivity index (χ1n) is 7.07. The number of hydrogen-bond donors (Lipinski definition) is 1. The minimum absolute atomic E-state index is 0.270. The zero-order valence-electron chi connectivity index (χ0n) is 12.7. The van der Waals surface area contributed by atoms with E-state index in [-0.39, 0.29) is 6.04 Å². The van der Waals surface area contributed by atoms with Crippen molar-refractivity contribution in [2.45, 2.75) is 45.2 Å². The van der Waals surface area contributed by atoms with Gasteiger partial charge in [0.1, 0.15) is 0 Å². The molecule has 0 radical (unpaired) electrons. The number of rotatable bonds is 9. The van der Waals surface area contributed by atoms with Crippen LogP contribution in [0.2, 0.25) is 0 Å². The molecule has 19 heavy (non-hydrogen) atoms. The Bertz CT molecular complexity index is 362. The Kier molecular flexibility index (Phi) is 6.87. The molecule has 1 rings (SSSR count). The van der Waals surface area contributed by atoms with E-state index in [4.69, 9.17) is 10.5 Å². The molecule has 0 bridgehead atoms. The van der Waals surface area contributed by atoms with Crippen molar-refractivity contribution in [2.24, 2.45) is 5.73 Å². The Balaban J connectivity index is 2.64. The maximum atomic E-state index is 6.09. The average Bonchev–Trinajstić information content (AvgIpc) is 2.76. The lowest BCUT2D eigenvalue weighted by Gasteiger charge is -2.14. The van der Waals surface area contributed by atoms with Gasteiger partial charge in [-0.05, 0) is 33.4 Å². The zero-order chi connectivity index (χ0) is 14.3. The van der Waals surface area contributed by atoms with Gasteiger partial charge in [0.15, 0.2) is 5.75 Å². The van der Waals surface area contributed by atoms with Crippen molar-refractivity contribution in [1.82, 2.24) is 14.7 Å². The molecule has 110 valence electrons. The van der Waals surface area contributed by atoms with Crippen molar-refractivity contribution >= 4 is 0 Å². The Labute approximate surface area is 116 Å². The monoisotopic (exact) mass is 268 g/mol. The van der Waals surface area contributed by atoms with Crippen molar-refractivity contribution in [3.8, 4) is 5.75 Å². The minimum atomic E-state index is 0.270. The van der Waals surface area contributed by atoms with Gasteiger partial charge in [-0.25, -0.2) is 0 Å². The summed E-state index contributed by atoms with van der Waals surface area (Å²) in [7, 11) is 5.83.